The second-order valence-corrected chi connectivity index (χ2v) is 8.91. The lowest BCUT2D eigenvalue weighted by Gasteiger charge is -2.28. The number of hydrogen-bond acceptors (Lipinski definition) is 8. The van der Waals surface area contributed by atoms with Gasteiger partial charge >= 0.3 is 11.9 Å². The van der Waals surface area contributed by atoms with Crippen LogP contribution in [0.2, 0.25) is 0 Å². The topological polar surface area (TPSA) is 251 Å². The Balaban J connectivity index is 3.07. The van der Waals surface area contributed by atoms with Gasteiger partial charge in [-0.3, -0.25) is 24.0 Å². The molecule has 5 unspecified atom stereocenters. The molecule has 0 heterocycles. The van der Waals surface area contributed by atoms with E-state index in [1.54, 1.807) is 13.8 Å². The third-order valence-corrected chi connectivity index (χ3v) is 5.83. The first-order chi connectivity index (χ1) is 17.7. The Kier molecular flexibility index (Phi) is 12.7. The van der Waals surface area contributed by atoms with E-state index in [0.717, 1.165) is 0 Å². The number of benzene rings is 1. The van der Waals surface area contributed by atoms with Gasteiger partial charge in [0.2, 0.25) is 23.6 Å². The van der Waals surface area contributed by atoms with Gasteiger partial charge < -0.3 is 42.7 Å². The molecule has 0 aromatic heterocycles. The van der Waals surface area contributed by atoms with Gasteiger partial charge in [0.05, 0.1) is 12.5 Å². The minimum absolute atomic E-state index is 0.00824. The van der Waals surface area contributed by atoms with E-state index in [0.29, 0.717) is 12.0 Å². The first-order valence-corrected chi connectivity index (χ1v) is 11.9. The molecule has 38 heavy (non-hydrogen) atoms. The summed E-state index contributed by atoms with van der Waals surface area (Å²) in [7, 11) is 0. The SMILES string of the molecule is CCC(C)C(NC(=O)C(CCC(N)=O)NC(=O)C(N)CC(=O)O)C(=O)NC(Cc1ccc(O)cc1)C(=O)O. The van der Waals surface area contributed by atoms with E-state index >= 15 is 0 Å². The fourth-order valence-corrected chi connectivity index (χ4v) is 3.40. The van der Waals surface area contributed by atoms with Crippen LogP contribution in [0.15, 0.2) is 24.3 Å². The standard InChI is InChI=1S/C24H35N5O9/c1-3-12(2)20(23(36)28-17(24(37)38)10-13-4-6-14(30)7-5-13)29-22(35)16(8-9-18(26)31)27-21(34)15(25)11-19(32)33/h4-7,12,15-17,20,30H,3,8-11,25H2,1-2H3,(H2,26,31)(H,27,34)(H,28,36)(H,29,35)(H,32,33)(H,37,38). The number of nitrogens with two attached hydrogens (primary N) is 2. The van der Waals surface area contributed by atoms with Crippen molar-refractivity contribution in [3.8, 4) is 5.75 Å². The number of rotatable bonds is 16. The first-order valence-electron chi connectivity index (χ1n) is 11.9. The molecule has 0 saturated carbocycles. The van der Waals surface area contributed by atoms with Crippen LogP contribution in [0.1, 0.15) is 45.1 Å². The Morgan fingerprint density at radius 3 is 1.97 bits per heavy atom. The summed E-state index contributed by atoms with van der Waals surface area (Å²) < 4.78 is 0. The highest BCUT2D eigenvalue weighted by molar-refractivity contribution is 5.95. The smallest absolute Gasteiger partial charge is 0.326 e. The molecule has 0 aliphatic carbocycles. The minimum atomic E-state index is -1.47. The van der Waals surface area contributed by atoms with Crippen molar-refractivity contribution in [1.82, 2.24) is 16.0 Å². The summed E-state index contributed by atoms with van der Waals surface area (Å²) >= 11 is 0. The van der Waals surface area contributed by atoms with Gasteiger partial charge in [0.15, 0.2) is 0 Å². The van der Waals surface area contributed by atoms with Crippen molar-refractivity contribution in [2.45, 2.75) is 70.1 Å². The lowest BCUT2D eigenvalue weighted by atomic mass is 9.96. The fourth-order valence-electron chi connectivity index (χ4n) is 3.40. The summed E-state index contributed by atoms with van der Waals surface area (Å²) in [6.07, 6.45) is -0.941. The van der Waals surface area contributed by atoms with Gasteiger partial charge in [0, 0.05) is 12.8 Å². The predicted octanol–water partition coefficient (Wildman–Crippen LogP) is -1.41. The van der Waals surface area contributed by atoms with Gasteiger partial charge in [0.1, 0.15) is 23.9 Å². The number of aliphatic carboxylic acids is 2. The highest BCUT2D eigenvalue weighted by Gasteiger charge is 2.33. The zero-order valence-electron chi connectivity index (χ0n) is 21.2. The van der Waals surface area contributed by atoms with E-state index < -0.39 is 72.1 Å². The van der Waals surface area contributed by atoms with Crippen LogP contribution in [0, 0.1) is 5.92 Å². The normalized spacial score (nSPS) is 14.7. The number of carbonyl (C=O) groups is 6. The summed E-state index contributed by atoms with van der Waals surface area (Å²) in [6.45, 7) is 3.40. The number of nitrogens with one attached hydrogen (secondary N) is 3. The number of primary amides is 1. The Morgan fingerprint density at radius 2 is 1.47 bits per heavy atom. The Hall–Kier alpha value is -4.20. The monoisotopic (exact) mass is 537 g/mol. The third kappa shape index (κ3) is 10.8. The van der Waals surface area contributed by atoms with E-state index in [4.69, 9.17) is 16.6 Å². The minimum Gasteiger partial charge on any atom is -0.508 e. The first kappa shape index (κ1) is 31.8. The molecule has 0 aliphatic heterocycles. The maximum atomic E-state index is 13.1. The van der Waals surface area contributed by atoms with Crippen molar-refractivity contribution in [1.29, 1.82) is 0 Å². The van der Waals surface area contributed by atoms with Crippen LogP contribution in [-0.2, 0) is 35.2 Å². The maximum Gasteiger partial charge on any atom is 0.326 e. The predicted molar refractivity (Wildman–Crippen MR) is 133 cm³/mol. The van der Waals surface area contributed by atoms with E-state index in [2.05, 4.69) is 16.0 Å². The molecule has 0 fully saturated rings. The number of phenolic OH excluding ortho intramolecular Hbond substituents is 1. The number of carbonyl (C=O) groups excluding carboxylic acids is 4. The fraction of sp³-hybridized carbons (Fsp3) is 0.500. The van der Waals surface area contributed by atoms with Crippen LogP contribution in [-0.4, -0.2) is 75.1 Å². The molecule has 0 bridgehead atoms. The quantitative estimate of drug-likeness (QED) is 0.122. The molecule has 210 valence electrons. The lowest BCUT2D eigenvalue weighted by molar-refractivity contribution is -0.142. The summed E-state index contributed by atoms with van der Waals surface area (Å²) in [5, 5.41) is 35.1. The van der Waals surface area contributed by atoms with Crippen molar-refractivity contribution in [3.63, 3.8) is 0 Å². The highest BCUT2D eigenvalue weighted by atomic mass is 16.4. The van der Waals surface area contributed by atoms with Crippen LogP contribution in [0.5, 0.6) is 5.75 Å². The van der Waals surface area contributed by atoms with E-state index in [-0.39, 0.29) is 25.0 Å². The van der Waals surface area contributed by atoms with Crippen LogP contribution in [0.4, 0.5) is 0 Å². The third-order valence-electron chi connectivity index (χ3n) is 5.83. The average Bonchev–Trinajstić information content (AvgIpc) is 2.84. The van der Waals surface area contributed by atoms with Crippen LogP contribution >= 0.6 is 0 Å². The second-order valence-electron chi connectivity index (χ2n) is 8.91. The molecule has 0 spiro atoms. The molecule has 0 aliphatic rings. The zero-order valence-corrected chi connectivity index (χ0v) is 21.2. The van der Waals surface area contributed by atoms with Gasteiger partial charge in [-0.25, -0.2) is 4.79 Å². The molecule has 0 saturated heterocycles. The van der Waals surface area contributed by atoms with Gasteiger partial charge in [-0.2, -0.15) is 0 Å². The molecule has 5 atom stereocenters. The molecular weight excluding hydrogens is 502 g/mol. The number of hydrogen-bond donors (Lipinski definition) is 8. The lowest BCUT2D eigenvalue weighted by Crippen LogP contribution is -2.59. The van der Waals surface area contributed by atoms with Gasteiger partial charge in [-0.1, -0.05) is 32.4 Å². The van der Waals surface area contributed by atoms with E-state index in [1.165, 1.54) is 24.3 Å². The van der Waals surface area contributed by atoms with Crippen LogP contribution in [0.25, 0.3) is 0 Å². The molecular formula is C24H35N5O9. The summed E-state index contributed by atoms with van der Waals surface area (Å²) in [4.78, 5) is 72.4. The van der Waals surface area contributed by atoms with Crippen LogP contribution < -0.4 is 27.4 Å². The number of phenols is 1. The molecule has 14 heteroatoms. The molecule has 1 aromatic rings. The maximum absolute atomic E-state index is 13.1. The second kappa shape index (κ2) is 15.1. The van der Waals surface area contributed by atoms with Crippen LogP contribution in [0.3, 0.4) is 0 Å². The molecule has 1 rings (SSSR count). The molecule has 0 radical (unpaired) electrons. The summed E-state index contributed by atoms with van der Waals surface area (Å²) in [6, 6.07) is 0.355. The summed E-state index contributed by atoms with van der Waals surface area (Å²) in [5.41, 5.74) is 11.2. The molecule has 14 nitrogen and oxygen atoms in total. The highest BCUT2D eigenvalue weighted by Crippen LogP contribution is 2.13. The van der Waals surface area contributed by atoms with E-state index in [9.17, 15) is 39.0 Å². The average molecular weight is 538 g/mol. The number of carboxylic acids is 2. The molecule has 10 N–H and O–H groups in total. The Labute approximate surface area is 219 Å². The molecule has 4 amide bonds. The number of amides is 4. The molecule has 1 aromatic carbocycles. The zero-order chi connectivity index (χ0) is 29.0. The Bertz CT molecular complexity index is 1020. The largest absolute Gasteiger partial charge is 0.508 e. The number of aromatic hydroxyl groups is 1. The van der Waals surface area contributed by atoms with Gasteiger partial charge in [-0.15, -0.1) is 0 Å². The summed E-state index contributed by atoms with van der Waals surface area (Å²) in [5.74, 6) is -6.51. The van der Waals surface area contributed by atoms with Gasteiger partial charge in [-0.05, 0) is 30.0 Å². The van der Waals surface area contributed by atoms with Crippen molar-refractivity contribution in [2.75, 3.05) is 0 Å². The van der Waals surface area contributed by atoms with Crippen molar-refractivity contribution in [3.05, 3.63) is 29.8 Å². The van der Waals surface area contributed by atoms with E-state index in [1.807, 2.05) is 0 Å². The van der Waals surface area contributed by atoms with Crippen molar-refractivity contribution < 1.29 is 44.1 Å². The number of carboxylic acid groups (broad SMARTS) is 2. The van der Waals surface area contributed by atoms with Crippen molar-refractivity contribution in [2.24, 2.45) is 17.4 Å². The van der Waals surface area contributed by atoms with Crippen molar-refractivity contribution >= 4 is 35.6 Å². The Morgan fingerprint density at radius 1 is 0.895 bits per heavy atom. The van der Waals surface area contributed by atoms with Gasteiger partial charge in [0.25, 0.3) is 0 Å².